The summed E-state index contributed by atoms with van der Waals surface area (Å²) in [6, 6.07) is 0. The van der Waals surface area contributed by atoms with Crippen molar-refractivity contribution in [3.05, 3.63) is 0 Å². The summed E-state index contributed by atoms with van der Waals surface area (Å²) in [6.07, 6.45) is 49.8. The van der Waals surface area contributed by atoms with Crippen molar-refractivity contribution in [3.8, 4) is 0 Å². The second kappa shape index (κ2) is 52.5. The number of rotatable bonds is 54. The molecule has 0 aliphatic heterocycles. The Morgan fingerprint density at radius 1 is 0.403 bits per heavy atom. The molecule has 0 saturated carbocycles. The first-order valence-corrected chi connectivity index (χ1v) is 30.7. The summed E-state index contributed by atoms with van der Waals surface area (Å²) in [5.74, 6) is 1.83. The molecule has 0 aromatic rings. The molecule has 0 bridgehead atoms. The number of hydrogen-bond acceptors (Lipinski definition) is 8. The molecule has 0 heterocycles. The van der Waals surface area contributed by atoms with Crippen LogP contribution in [-0.2, 0) is 28.6 Å². The fourth-order valence-corrected chi connectivity index (χ4v) is 10.2. The Balaban J connectivity index is 4.26. The van der Waals surface area contributed by atoms with E-state index in [-0.39, 0.29) is 36.0 Å². The van der Waals surface area contributed by atoms with Crippen molar-refractivity contribution in [2.75, 3.05) is 38.8 Å². The van der Waals surface area contributed by atoms with Crippen molar-refractivity contribution in [2.24, 2.45) is 5.92 Å². The molecule has 67 heavy (non-hydrogen) atoms. The van der Waals surface area contributed by atoms with E-state index in [1.807, 2.05) is 11.8 Å². The number of thioether (sulfide) groups is 1. The van der Waals surface area contributed by atoms with Gasteiger partial charge in [-0.1, -0.05) is 207 Å². The summed E-state index contributed by atoms with van der Waals surface area (Å²) in [7, 11) is 4.13. The van der Waals surface area contributed by atoms with Crippen LogP contribution in [0.3, 0.4) is 0 Å². The highest BCUT2D eigenvalue weighted by Crippen LogP contribution is 2.22. The second-order valence-corrected chi connectivity index (χ2v) is 21.9. The molecule has 0 fully saturated rings. The first kappa shape index (κ1) is 65.7. The van der Waals surface area contributed by atoms with Crippen LogP contribution in [0.1, 0.15) is 304 Å². The Bertz CT molecular complexity index is 1020. The zero-order chi connectivity index (χ0) is 49.1. The molecule has 8 heteroatoms. The fourth-order valence-electron chi connectivity index (χ4n) is 9.08. The van der Waals surface area contributed by atoms with E-state index >= 15 is 0 Å². The van der Waals surface area contributed by atoms with Gasteiger partial charge in [-0.25, -0.2) is 0 Å². The average molecular weight is 967 g/mol. The van der Waals surface area contributed by atoms with E-state index in [1.54, 1.807) is 0 Å². The maximum atomic E-state index is 13.1. The van der Waals surface area contributed by atoms with Crippen LogP contribution in [0.4, 0.5) is 0 Å². The SMILES string of the molecule is CCCCCCCCC(CCCCCCCC)OC(=O)CCCCCCCCOC(=O)C(CCN(C)C)CSCCCCCCCCC(=O)OC(CCCCCCCC)CCCCCCCC. The lowest BCUT2D eigenvalue weighted by Crippen LogP contribution is -2.25. The largest absolute Gasteiger partial charge is 0.465 e. The van der Waals surface area contributed by atoms with Crippen molar-refractivity contribution in [1.29, 1.82) is 0 Å². The highest BCUT2D eigenvalue weighted by molar-refractivity contribution is 7.99. The third-order valence-electron chi connectivity index (χ3n) is 13.6. The molecule has 0 N–H and O–H groups in total. The van der Waals surface area contributed by atoms with Crippen molar-refractivity contribution < 1.29 is 28.6 Å². The molecule has 0 radical (unpaired) electrons. The third kappa shape index (κ3) is 48.1. The minimum atomic E-state index is -0.0562. The Morgan fingerprint density at radius 2 is 0.731 bits per heavy atom. The predicted octanol–water partition coefficient (Wildman–Crippen LogP) is 18.1. The van der Waals surface area contributed by atoms with E-state index in [4.69, 9.17) is 14.2 Å². The molecule has 0 aliphatic carbocycles. The summed E-state index contributed by atoms with van der Waals surface area (Å²) in [4.78, 5) is 40.8. The molecule has 1 atom stereocenters. The number of unbranched alkanes of at least 4 members (excludes halogenated alkanes) is 30. The van der Waals surface area contributed by atoms with Crippen molar-refractivity contribution in [2.45, 2.75) is 316 Å². The van der Waals surface area contributed by atoms with Gasteiger partial charge in [0.05, 0.1) is 12.5 Å². The van der Waals surface area contributed by atoms with Crippen LogP contribution in [0.2, 0.25) is 0 Å². The monoisotopic (exact) mass is 966 g/mol. The summed E-state index contributed by atoms with van der Waals surface area (Å²) in [6.45, 7) is 10.4. The quantitative estimate of drug-likeness (QED) is 0.0339. The molecule has 7 nitrogen and oxygen atoms in total. The van der Waals surface area contributed by atoms with E-state index in [2.05, 4.69) is 46.7 Å². The minimum Gasteiger partial charge on any atom is -0.465 e. The zero-order valence-corrected chi connectivity index (χ0v) is 46.6. The molecular formula is C59H115NO6S. The van der Waals surface area contributed by atoms with Gasteiger partial charge < -0.3 is 19.1 Å². The summed E-state index contributed by atoms with van der Waals surface area (Å²) in [5.41, 5.74) is 0. The summed E-state index contributed by atoms with van der Waals surface area (Å²) in [5, 5.41) is 0. The molecule has 0 aromatic carbocycles. The van der Waals surface area contributed by atoms with E-state index in [9.17, 15) is 14.4 Å². The number of nitrogens with zero attached hydrogens (tertiary/aromatic N) is 1. The Kier molecular flexibility index (Phi) is 51.5. The maximum Gasteiger partial charge on any atom is 0.309 e. The van der Waals surface area contributed by atoms with Gasteiger partial charge in [0, 0.05) is 18.6 Å². The Morgan fingerprint density at radius 3 is 1.10 bits per heavy atom. The summed E-state index contributed by atoms with van der Waals surface area (Å²) >= 11 is 1.90. The highest BCUT2D eigenvalue weighted by Gasteiger charge is 2.21. The van der Waals surface area contributed by atoms with Crippen LogP contribution in [0, 0.1) is 5.92 Å². The van der Waals surface area contributed by atoms with Crippen LogP contribution in [0.5, 0.6) is 0 Å². The Hall–Kier alpha value is -1.28. The summed E-state index contributed by atoms with van der Waals surface area (Å²) < 4.78 is 17.9. The second-order valence-electron chi connectivity index (χ2n) is 20.7. The number of hydrogen-bond donors (Lipinski definition) is 0. The minimum absolute atomic E-state index is 0.00142. The first-order chi connectivity index (χ1) is 32.8. The van der Waals surface area contributed by atoms with Gasteiger partial charge in [0.1, 0.15) is 12.2 Å². The highest BCUT2D eigenvalue weighted by atomic mass is 32.2. The normalized spacial score (nSPS) is 12.1. The van der Waals surface area contributed by atoms with Gasteiger partial charge in [-0.3, -0.25) is 14.4 Å². The number of carbonyl (C=O) groups excluding carboxylic acids is 3. The van der Waals surface area contributed by atoms with Crippen molar-refractivity contribution in [3.63, 3.8) is 0 Å². The molecule has 1 unspecified atom stereocenters. The zero-order valence-electron chi connectivity index (χ0n) is 45.8. The molecule has 0 amide bonds. The fraction of sp³-hybridized carbons (Fsp3) is 0.949. The number of carbonyl (C=O) groups is 3. The van der Waals surface area contributed by atoms with Gasteiger partial charge in [0.25, 0.3) is 0 Å². The van der Waals surface area contributed by atoms with Gasteiger partial charge in [0.2, 0.25) is 0 Å². The molecule has 0 saturated heterocycles. The standard InChI is InChI=1S/C59H115NO6S/c1-7-11-15-19-27-35-43-55(44-36-28-20-16-12-8-2)65-57(61)47-39-31-23-25-33-41-51-64-59(63)54(49-50-60(5)6)53-67-52-42-34-26-24-32-40-48-58(62)66-56(45-37-29-21-17-13-9-3)46-38-30-22-18-14-10-4/h54-56H,7-53H2,1-6H3. The lowest BCUT2D eigenvalue weighted by Gasteiger charge is -2.18. The van der Waals surface area contributed by atoms with Crippen LogP contribution >= 0.6 is 11.8 Å². The number of esters is 3. The van der Waals surface area contributed by atoms with E-state index in [0.717, 1.165) is 102 Å². The van der Waals surface area contributed by atoms with Gasteiger partial charge in [-0.2, -0.15) is 11.8 Å². The van der Waals surface area contributed by atoms with Crippen LogP contribution in [-0.4, -0.2) is 73.8 Å². The molecule has 0 spiro atoms. The van der Waals surface area contributed by atoms with E-state index in [0.29, 0.717) is 19.4 Å². The maximum absolute atomic E-state index is 13.1. The molecule has 0 aliphatic rings. The number of ether oxygens (including phenoxy) is 3. The molecule has 398 valence electrons. The lowest BCUT2D eigenvalue weighted by molar-refractivity contribution is -0.151. The van der Waals surface area contributed by atoms with Gasteiger partial charge in [-0.15, -0.1) is 0 Å². The van der Waals surface area contributed by atoms with Crippen LogP contribution in [0.25, 0.3) is 0 Å². The van der Waals surface area contributed by atoms with E-state index in [1.165, 1.54) is 180 Å². The third-order valence-corrected chi connectivity index (χ3v) is 14.8. The van der Waals surface area contributed by atoms with Crippen LogP contribution in [0.15, 0.2) is 0 Å². The molecule has 0 aromatic heterocycles. The topological polar surface area (TPSA) is 82.1 Å². The first-order valence-electron chi connectivity index (χ1n) is 29.5. The molecule has 0 rings (SSSR count). The average Bonchev–Trinajstić information content (AvgIpc) is 3.31. The van der Waals surface area contributed by atoms with Crippen molar-refractivity contribution in [1.82, 2.24) is 4.90 Å². The smallest absolute Gasteiger partial charge is 0.309 e. The van der Waals surface area contributed by atoms with Gasteiger partial charge >= 0.3 is 17.9 Å². The predicted molar refractivity (Wildman–Crippen MR) is 291 cm³/mol. The van der Waals surface area contributed by atoms with Gasteiger partial charge in [0.15, 0.2) is 0 Å². The molecular weight excluding hydrogens is 851 g/mol. The Labute approximate surface area is 422 Å². The lowest BCUT2D eigenvalue weighted by atomic mass is 10.0. The van der Waals surface area contributed by atoms with Crippen LogP contribution < -0.4 is 0 Å². The van der Waals surface area contributed by atoms with Gasteiger partial charge in [-0.05, 0) is 110 Å². The van der Waals surface area contributed by atoms with Crippen molar-refractivity contribution >= 4 is 29.7 Å². The van der Waals surface area contributed by atoms with E-state index < -0.39 is 0 Å².